The molecule has 8 nitrogen and oxygen atoms in total. The second-order valence-electron chi connectivity index (χ2n) is 9.42. The number of hydrogen-bond acceptors (Lipinski definition) is 7. The highest BCUT2D eigenvalue weighted by atomic mass is 32.1. The van der Waals surface area contributed by atoms with Gasteiger partial charge in [-0.3, -0.25) is 15.1 Å². The minimum atomic E-state index is -0.738. The number of aliphatic hydroxyl groups excluding tert-OH is 1. The van der Waals surface area contributed by atoms with E-state index in [4.69, 9.17) is 0 Å². The smallest absolute Gasteiger partial charge is 0.177 e. The van der Waals surface area contributed by atoms with Gasteiger partial charge in [-0.15, -0.1) is 11.3 Å². The molecule has 5 heterocycles. The van der Waals surface area contributed by atoms with Crippen LogP contribution in [0.3, 0.4) is 0 Å². The van der Waals surface area contributed by atoms with Crippen LogP contribution in [0.1, 0.15) is 20.3 Å². The number of pyridine rings is 2. The van der Waals surface area contributed by atoms with Gasteiger partial charge in [-0.25, -0.2) is 9.37 Å². The zero-order valence-electron chi connectivity index (χ0n) is 20.5. The first-order valence-electron chi connectivity index (χ1n) is 12.0. The summed E-state index contributed by atoms with van der Waals surface area (Å²) in [5, 5.41) is 20.5. The third kappa shape index (κ3) is 4.39. The molecule has 0 radical (unpaired) electrons. The van der Waals surface area contributed by atoms with Crippen molar-refractivity contribution < 1.29 is 13.9 Å². The predicted octanol–water partition coefficient (Wildman–Crippen LogP) is 6.35. The predicted molar refractivity (Wildman–Crippen MR) is 145 cm³/mol. The number of aromatic amines is 2. The number of fused-ring (bicyclic) bond motifs is 2. The molecule has 0 aliphatic carbocycles. The van der Waals surface area contributed by atoms with E-state index in [0.717, 1.165) is 11.3 Å². The molecule has 0 spiro atoms. The number of imidazole rings is 1. The third-order valence-electron chi connectivity index (χ3n) is 6.18. The maximum absolute atomic E-state index is 16.1. The number of aromatic nitrogens is 6. The fraction of sp³-hybridized carbons (Fsp3) is 0.185. The Morgan fingerprint density at radius 1 is 1.05 bits per heavy atom. The number of aliphatic hydroxyl groups is 1. The minimum Gasteiger partial charge on any atom is -0.374 e. The molecule has 4 N–H and O–H groups in total. The molecule has 5 aromatic heterocycles. The fourth-order valence-electron chi connectivity index (χ4n) is 4.50. The Labute approximate surface area is 219 Å². The lowest BCUT2D eigenvalue weighted by molar-refractivity contribution is 0.176. The first-order chi connectivity index (χ1) is 18.4. The molecule has 0 aliphatic heterocycles. The highest BCUT2D eigenvalue weighted by molar-refractivity contribution is 7.13. The quantitative estimate of drug-likeness (QED) is 0.179. The number of benzene rings is 1. The number of rotatable bonds is 7. The van der Waals surface area contributed by atoms with Crippen LogP contribution in [0.15, 0.2) is 55.0 Å². The van der Waals surface area contributed by atoms with Crippen molar-refractivity contribution in [3.8, 4) is 33.2 Å². The van der Waals surface area contributed by atoms with E-state index in [1.54, 1.807) is 48.9 Å². The number of nitrogens with one attached hydrogen (secondary N) is 3. The lowest BCUT2D eigenvalue weighted by Gasteiger charge is -2.16. The van der Waals surface area contributed by atoms with Crippen LogP contribution in [-0.4, -0.2) is 41.5 Å². The third-order valence-corrected chi connectivity index (χ3v) is 7.06. The summed E-state index contributed by atoms with van der Waals surface area (Å²) in [6, 6.07) is 9.97. The maximum atomic E-state index is 16.1. The lowest BCUT2D eigenvalue weighted by atomic mass is 10.0. The van der Waals surface area contributed by atoms with E-state index in [-0.39, 0.29) is 10.5 Å². The van der Waals surface area contributed by atoms with E-state index < -0.39 is 12.0 Å². The molecule has 0 amide bonds. The molecule has 1 atom stereocenters. The van der Waals surface area contributed by atoms with E-state index in [1.807, 2.05) is 13.8 Å². The van der Waals surface area contributed by atoms with Gasteiger partial charge in [0.25, 0.3) is 0 Å². The highest BCUT2D eigenvalue weighted by Crippen LogP contribution is 2.36. The standard InChI is InChI=1S/C27H23F2N7OS/c1-13(2)9-21(37)32-15-10-14(11-30-12-15)16-3-4-17-22(23(16)29)26(36-35-17)27-33-18-7-8-31-25(24(18)34-27)19-5-6-20(28)38-19/h3-8,10-13,21,32,37H,9H2,1-2H3,(H,33,34)(H,35,36). The maximum Gasteiger partial charge on any atom is 0.177 e. The second-order valence-corrected chi connectivity index (χ2v) is 10.5. The van der Waals surface area contributed by atoms with E-state index in [9.17, 15) is 9.50 Å². The molecule has 6 rings (SSSR count). The summed E-state index contributed by atoms with van der Waals surface area (Å²) in [7, 11) is 0. The Balaban J connectivity index is 1.41. The van der Waals surface area contributed by atoms with Crippen molar-refractivity contribution in [2.45, 2.75) is 26.5 Å². The number of hydrogen-bond donors (Lipinski definition) is 4. The first kappa shape index (κ1) is 24.1. The monoisotopic (exact) mass is 531 g/mol. The first-order valence-corrected chi connectivity index (χ1v) is 12.9. The zero-order valence-corrected chi connectivity index (χ0v) is 21.3. The summed E-state index contributed by atoms with van der Waals surface area (Å²) in [5.74, 6) is 0.190. The van der Waals surface area contributed by atoms with Crippen LogP contribution < -0.4 is 5.32 Å². The van der Waals surface area contributed by atoms with Crippen molar-refractivity contribution in [2.24, 2.45) is 5.92 Å². The van der Waals surface area contributed by atoms with Crippen LogP contribution in [0.25, 0.3) is 55.2 Å². The van der Waals surface area contributed by atoms with Gasteiger partial charge < -0.3 is 15.4 Å². The van der Waals surface area contributed by atoms with Gasteiger partial charge in [0.05, 0.1) is 33.2 Å². The molecule has 0 aliphatic rings. The minimum absolute atomic E-state index is 0.274. The molecule has 0 fully saturated rings. The summed E-state index contributed by atoms with van der Waals surface area (Å²) in [6.07, 6.45) is 4.61. The SMILES string of the molecule is CC(C)CC(O)Nc1cncc(-c2ccc3[nH]nc(-c4nc5c(-c6ccc(F)s6)nccc5[nH]4)c3c2F)c1. The van der Waals surface area contributed by atoms with Gasteiger partial charge in [0.1, 0.15) is 28.9 Å². The van der Waals surface area contributed by atoms with Crippen molar-refractivity contribution in [1.82, 2.24) is 30.1 Å². The van der Waals surface area contributed by atoms with Crippen molar-refractivity contribution in [3.63, 3.8) is 0 Å². The van der Waals surface area contributed by atoms with Crippen LogP contribution in [-0.2, 0) is 0 Å². The summed E-state index contributed by atoms with van der Waals surface area (Å²) in [4.78, 5) is 17.1. The Hall–Kier alpha value is -4.22. The molecule has 1 unspecified atom stereocenters. The Morgan fingerprint density at radius 2 is 1.92 bits per heavy atom. The van der Waals surface area contributed by atoms with E-state index >= 15 is 4.39 Å². The van der Waals surface area contributed by atoms with E-state index in [1.165, 1.54) is 6.07 Å². The van der Waals surface area contributed by atoms with Gasteiger partial charge in [-0.1, -0.05) is 13.8 Å². The highest BCUT2D eigenvalue weighted by Gasteiger charge is 2.21. The number of anilines is 1. The average Bonchev–Trinajstić information content (AvgIpc) is 3.61. The average molecular weight is 532 g/mol. The van der Waals surface area contributed by atoms with E-state index in [2.05, 4.69) is 35.5 Å². The van der Waals surface area contributed by atoms with Crippen molar-refractivity contribution in [2.75, 3.05) is 5.32 Å². The lowest BCUT2D eigenvalue weighted by Crippen LogP contribution is -2.20. The largest absolute Gasteiger partial charge is 0.374 e. The number of H-pyrrole nitrogens is 2. The second kappa shape index (κ2) is 9.58. The Morgan fingerprint density at radius 3 is 2.71 bits per heavy atom. The zero-order chi connectivity index (χ0) is 26.4. The summed E-state index contributed by atoms with van der Waals surface area (Å²) in [6.45, 7) is 4.04. The van der Waals surface area contributed by atoms with Gasteiger partial charge in [0.15, 0.2) is 11.0 Å². The number of halogens is 2. The molecule has 192 valence electrons. The van der Waals surface area contributed by atoms with Gasteiger partial charge >= 0.3 is 0 Å². The van der Waals surface area contributed by atoms with Gasteiger partial charge in [0, 0.05) is 23.5 Å². The van der Waals surface area contributed by atoms with Gasteiger partial charge in [-0.05, 0) is 48.7 Å². The molecular formula is C27H23F2N7OS. The topological polar surface area (TPSA) is 115 Å². The summed E-state index contributed by atoms with van der Waals surface area (Å²) >= 11 is 0.983. The van der Waals surface area contributed by atoms with Crippen LogP contribution in [0.4, 0.5) is 14.5 Å². The van der Waals surface area contributed by atoms with Crippen molar-refractivity contribution in [1.29, 1.82) is 0 Å². The molecule has 0 bridgehead atoms. The summed E-state index contributed by atoms with van der Waals surface area (Å²) in [5.41, 5.74) is 4.05. The van der Waals surface area contributed by atoms with E-state index in [0.29, 0.717) is 67.8 Å². The Bertz CT molecular complexity index is 1770. The molecule has 1 aromatic carbocycles. The normalized spacial score (nSPS) is 12.6. The van der Waals surface area contributed by atoms with Crippen LogP contribution >= 0.6 is 11.3 Å². The molecule has 38 heavy (non-hydrogen) atoms. The fourth-order valence-corrected chi connectivity index (χ4v) is 5.23. The van der Waals surface area contributed by atoms with Crippen molar-refractivity contribution >= 4 is 39.0 Å². The van der Waals surface area contributed by atoms with Gasteiger partial charge in [0.2, 0.25) is 0 Å². The molecular weight excluding hydrogens is 508 g/mol. The van der Waals surface area contributed by atoms with Crippen LogP contribution in [0.2, 0.25) is 0 Å². The van der Waals surface area contributed by atoms with Crippen LogP contribution in [0.5, 0.6) is 0 Å². The molecule has 11 heteroatoms. The van der Waals surface area contributed by atoms with Gasteiger partial charge in [-0.2, -0.15) is 9.49 Å². The molecule has 0 saturated carbocycles. The number of nitrogens with zero attached hydrogens (tertiary/aromatic N) is 4. The molecule has 0 saturated heterocycles. The summed E-state index contributed by atoms with van der Waals surface area (Å²) < 4.78 is 29.7. The molecule has 6 aromatic rings. The number of thiophene rings is 1. The Kier molecular flexibility index (Phi) is 6.09. The van der Waals surface area contributed by atoms with Crippen molar-refractivity contribution in [3.05, 3.63) is 65.9 Å². The van der Waals surface area contributed by atoms with Crippen LogP contribution in [0, 0.1) is 16.9 Å².